The van der Waals surface area contributed by atoms with Gasteiger partial charge in [0.25, 0.3) is 0 Å². The highest BCUT2D eigenvalue weighted by atomic mass is 16.4. The van der Waals surface area contributed by atoms with Crippen molar-refractivity contribution in [1.82, 2.24) is 4.90 Å². The molecule has 0 spiro atoms. The predicted octanol–water partition coefficient (Wildman–Crippen LogP) is 4.60. The van der Waals surface area contributed by atoms with E-state index in [1.807, 2.05) is 0 Å². The lowest BCUT2D eigenvalue weighted by Crippen LogP contribution is -2.21. The van der Waals surface area contributed by atoms with Gasteiger partial charge in [0.2, 0.25) is 0 Å². The SMILES string of the molecule is O=C(O)CCC1CCN(CCC=C2c3ccccc3Cc3ccccc32)C1. The molecule has 4 rings (SSSR count). The molecular formula is C24H27NO2. The maximum absolute atomic E-state index is 10.8. The van der Waals surface area contributed by atoms with E-state index in [9.17, 15) is 4.79 Å². The lowest BCUT2D eigenvalue weighted by Gasteiger charge is -2.23. The molecule has 3 nitrogen and oxygen atoms in total. The van der Waals surface area contributed by atoms with E-state index in [1.165, 1.54) is 27.8 Å². The Morgan fingerprint density at radius 2 is 1.74 bits per heavy atom. The average molecular weight is 361 g/mol. The number of nitrogens with zero attached hydrogens (tertiary/aromatic N) is 1. The van der Waals surface area contributed by atoms with E-state index >= 15 is 0 Å². The number of aliphatic carboxylic acids is 1. The van der Waals surface area contributed by atoms with Crippen molar-refractivity contribution in [3.63, 3.8) is 0 Å². The van der Waals surface area contributed by atoms with Crippen molar-refractivity contribution in [2.24, 2.45) is 5.92 Å². The van der Waals surface area contributed by atoms with Crippen LogP contribution in [0.2, 0.25) is 0 Å². The highest BCUT2D eigenvalue weighted by Gasteiger charge is 2.23. The summed E-state index contributed by atoms with van der Waals surface area (Å²) in [6.45, 7) is 3.20. The first-order valence-electron chi connectivity index (χ1n) is 10.0. The standard InChI is InChI=1S/C24H27NO2/c26-24(27)12-11-18-13-15-25(17-18)14-5-10-23-21-8-3-1-6-19(21)16-20-7-2-4-9-22(20)23/h1-4,6-10,18H,5,11-17H2,(H,26,27). The summed E-state index contributed by atoms with van der Waals surface area (Å²) >= 11 is 0. The maximum atomic E-state index is 10.8. The minimum atomic E-state index is -0.673. The van der Waals surface area contributed by atoms with Gasteiger partial charge in [-0.1, -0.05) is 54.6 Å². The van der Waals surface area contributed by atoms with Crippen LogP contribution in [0.25, 0.3) is 5.57 Å². The molecule has 27 heavy (non-hydrogen) atoms. The van der Waals surface area contributed by atoms with Gasteiger partial charge < -0.3 is 10.0 Å². The quantitative estimate of drug-likeness (QED) is 0.697. The third kappa shape index (κ3) is 4.14. The molecular weight excluding hydrogens is 334 g/mol. The highest BCUT2D eigenvalue weighted by molar-refractivity contribution is 5.85. The smallest absolute Gasteiger partial charge is 0.303 e. The summed E-state index contributed by atoms with van der Waals surface area (Å²) in [5.74, 6) is -0.127. The van der Waals surface area contributed by atoms with Crippen LogP contribution in [0.4, 0.5) is 0 Å². The van der Waals surface area contributed by atoms with E-state index in [1.54, 1.807) is 0 Å². The molecule has 0 radical (unpaired) electrons. The molecule has 1 unspecified atom stereocenters. The molecule has 0 amide bonds. The summed E-state index contributed by atoms with van der Waals surface area (Å²) in [7, 11) is 0. The fourth-order valence-corrected chi connectivity index (χ4v) is 4.52. The minimum Gasteiger partial charge on any atom is -0.481 e. The lowest BCUT2D eigenvalue weighted by atomic mass is 9.82. The van der Waals surface area contributed by atoms with E-state index in [0.29, 0.717) is 12.3 Å². The van der Waals surface area contributed by atoms with Gasteiger partial charge >= 0.3 is 5.97 Å². The molecule has 3 heteroatoms. The molecule has 1 atom stereocenters. The zero-order chi connectivity index (χ0) is 18.6. The van der Waals surface area contributed by atoms with Gasteiger partial charge in [0, 0.05) is 19.5 Å². The van der Waals surface area contributed by atoms with Crippen LogP contribution >= 0.6 is 0 Å². The van der Waals surface area contributed by atoms with Crippen molar-refractivity contribution in [2.75, 3.05) is 19.6 Å². The first-order valence-corrected chi connectivity index (χ1v) is 10.0. The van der Waals surface area contributed by atoms with Crippen LogP contribution in [0.15, 0.2) is 54.6 Å². The van der Waals surface area contributed by atoms with Crippen LogP contribution in [-0.2, 0) is 11.2 Å². The van der Waals surface area contributed by atoms with Crippen molar-refractivity contribution < 1.29 is 9.90 Å². The Labute approximate surface area is 161 Å². The number of carboxylic acid groups (broad SMARTS) is 1. The summed E-state index contributed by atoms with van der Waals surface area (Å²) in [6, 6.07) is 17.5. The zero-order valence-corrected chi connectivity index (χ0v) is 15.7. The second kappa shape index (κ2) is 8.10. The van der Waals surface area contributed by atoms with Gasteiger partial charge in [-0.05, 0) is 66.0 Å². The molecule has 1 heterocycles. The third-order valence-corrected chi connectivity index (χ3v) is 5.93. The molecule has 2 aliphatic rings. The van der Waals surface area contributed by atoms with E-state index in [0.717, 1.165) is 45.3 Å². The molecule has 2 aromatic carbocycles. The van der Waals surface area contributed by atoms with Crippen molar-refractivity contribution in [1.29, 1.82) is 0 Å². The second-order valence-electron chi connectivity index (χ2n) is 7.79. The van der Waals surface area contributed by atoms with Gasteiger partial charge in [0.1, 0.15) is 0 Å². The number of carbonyl (C=O) groups is 1. The summed E-state index contributed by atoms with van der Waals surface area (Å²) in [6.07, 6.45) is 6.70. The molecule has 1 N–H and O–H groups in total. The molecule has 0 aromatic heterocycles. The summed E-state index contributed by atoms with van der Waals surface area (Å²) in [4.78, 5) is 13.3. The van der Waals surface area contributed by atoms with Gasteiger partial charge in [-0.25, -0.2) is 0 Å². The number of hydrogen-bond acceptors (Lipinski definition) is 2. The summed E-state index contributed by atoms with van der Waals surface area (Å²) in [5, 5.41) is 8.86. The first kappa shape index (κ1) is 18.0. The molecule has 1 aliphatic carbocycles. The van der Waals surface area contributed by atoms with Crippen LogP contribution in [0.3, 0.4) is 0 Å². The van der Waals surface area contributed by atoms with Crippen molar-refractivity contribution in [3.8, 4) is 0 Å². The topological polar surface area (TPSA) is 40.5 Å². The van der Waals surface area contributed by atoms with Gasteiger partial charge in [0.05, 0.1) is 0 Å². The Morgan fingerprint density at radius 1 is 1.07 bits per heavy atom. The normalized spacial score (nSPS) is 18.8. The fourth-order valence-electron chi connectivity index (χ4n) is 4.52. The number of hydrogen-bond donors (Lipinski definition) is 1. The van der Waals surface area contributed by atoms with Gasteiger partial charge in [0.15, 0.2) is 0 Å². The van der Waals surface area contributed by atoms with Gasteiger partial charge in [-0.2, -0.15) is 0 Å². The van der Waals surface area contributed by atoms with Gasteiger partial charge in [-0.3, -0.25) is 4.79 Å². The lowest BCUT2D eigenvalue weighted by molar-refractivity contribution is -0.137. The molecule has 0 bridgehead atoms. The van der Waals surface area contributed by atoms with Crippen molar-refractivity contribution in [2.45, 2.75) is 32.1 Å². The van der Waals surface area contributed by atoms with E-state index in [4.69, 9.17) is 5.11 Å². The zero-order valence-electron chi connectivity index (χ0n) is 15.7. The van der Waals surface area contributed by atoms with Crippen LogP contribution in [0, 0.1) is 5.92 Å². The molecule has 1 fully saturated rings. The average Bonchev–Trinajstić information content (AvgIpc) is 3.13. The predicted molar refractivity (Wildman–Crippen MR) is 109 cm³/mol. The Morgan fingerprint density at radius 3 is 2.41 bits per heavy atom. The summed E-state index contributed by atoms with van der Waals surface area (Å²) < 4.78 is 0. The number of rotatable bonds is 6. The molecule has 1 saturated heterocycles. The van der Waals surface area contributed by atoms with E-state index in [-0.39, 0.29) is 0 Å². The van der Waals surface area contributed by atoms with Crippen LogP contribution < -0.4 is 0 Å². The number of fused-ring (bicyclic) bond motifs is 2. The molecule has 2 aromatic rings. The number of likely N-dealkylation sites (tertiary alicyclic amines) is 1. The van der Waals surface area contributed by atoms with Crippen molar-refractivity contribution in [3.05, 3.63) is 76.9 Å². The highest BCUT2D eigenvalue weighted by Crippen LogP contribution is 2.36. The number of benzene rings is 2. The Kier molecular flexibility index (Phi) is 5.40. The summed E-state index contributed by atoms with van der Waals surface area (Å²) in [5.41, 5.74) is 6.94. The fraction of sp³-hybridized carbons (Fsp3) is 0.375. The maximum Gasteiger partial charge on any atom is 0.303 e. The largest absolute Gasteiger partial charge is 0.481 e. The van der Waals surface area contributed by atoms with E-state index in [2.05, 4.69) is 59.5 Å². The van der Waals surface area contributed by atoms with Crippen LogP contribution in [0.1, 0.15) is 47.9 Å². The molecule has 0 saturated carbocycles. The minimum absolute atomic E-state index is 0.302. The second-order valence-corrected chi connectivity index (χ2v) is 7.79. The molecule has 140 valence electrons. The Balaban J connectivity index is 1.43. The third-order valence-electron chi connectivity index (χ3n) is 5.93. The van der Waals surface area contributed by atoms with Crippen LogP contribution in [-0.4, -0.2) is 35.6 Å². The van der Waals surface area contributed by atoms with Crippen molar-refractivity contribution >= 4 is 11.5 Å². The molecule has 1 aliphatic heterocycles. The Bertz CT molecular complexity index is 807. The first-order chi connectivity index (χ1) is 13.2. The Hall–Kier alpha value is -2.39. The van der Waals surface area contributed by atoms with E-state index < -0.39 is 5.97 Å². The van der Waals surface area contributed by atoms with Gasteiger partial charge in [-0.15, -0.1) is 0 Å². The monoisotopic (exact) mass is 361 g/mol. The van der Waals surface area contributed by atoms with Crippen LogP contribution in [0.5, 0.6) is 0 Å². The number of carboxylic acids is 1.